The third-order valence-electron chi connectivity index (χ3n) is 2.28. The maximum Gasteiger partial charge on any atom is 0.491 e. The highest BCUT2D eigenvalue weighted by atomic mass is 32.2. The number of hydrogen-bond acceptors (Lipinski definition) is 5. The summed E-state index contributed by atoms with van der Waals surface area (Å²) in [5, 5.41) is 18.8. The first-order valence-corrected chi connectivity index (χ1v) is 6.18. The molecule has 0 aliphatic carbocycles. The molecule has 0 aliphatic rings. The zero-order valence-electron chi connectivity index (χ0n) is 9.32. The lowest BCUT2D eigenvalue weighted by molar-refractivity contribution is 0.423. The Morgan fingerprint density at radius 3 is 2.78 bits per heavy atom. The van der Waals surface area contributed by atoms with Crippen molar-refractivity contribution in [1.29, 1.82) is 0 Å². The average Bonchev–Trinajstić information content (AvgIpc) is 2.38. The van der Waals surface area contributed by atoms with Crippen LogP contribution in [0.1, 0.15) is 5.56 Å². The zero-order valence-corrected chi connectivity index (χ0v) is 10.1. The molecule has 18 heavy (non-hydrogen) atoms. The summed E-state index contributed by atoms with van der Waals surface area (Å²) in [7, 11) is -1.80. The van der Waals surface area contributed by atoms with Crippen LogP contribution in [0, 0.1) is 5.82 Å². The summed E-state index contributed by atoms with van der Waals surface area (Å²) in [6.07, 6.45) is 3.10. The summed E-state index contributed by atoms with van der Waals surface area (Å²) in [5.41, 5.74) is 0.680. The van der Waals surface area contributed by atoms with E-state index >= 15 is 0 Å². The van der Waals surface area contributed by atoms with Crippen LogP contribution in [0.25, 0.3) is 0 Å². The van der Waals surface area contributed by atoms with Crippen molar-refractivity contribution < 1.29 is 14.4 Å². The Kier molecular flexibility index (Phi) is 4.30. The van der Waals surface area contributed by atoms with E-state index in [-0.39, 0.29) is 5.46 Å². The predicted octanol–water partition coefficient (Wildman–Crippen LogP) is 0.588. The summed E-state index contributed by atoms with van der Waals surface area (Å²) in [5.74, 6) is -0.0578. The number of nitrogens with zero attached hydrogens (tertiary/aromatic N) is 2. The lowest BCUT2D eigenvalue weighted by Crippen LogP contribution is -2.33. The fourth-order valence-corrected chi connectivity index (χ4v) is 2.17. The quantitative estimate of drug-likeness (QED) is 0.480. The van der Waals surface area contributed by atoms with Gasteiger partial charge in [-0.1, -0.05) is 12.1 Å². The van der Waals surface area contributed by atoms with Crippen molar-refractivity contribution in [3.05, 3.63) is 48.2 Å². The molecule has 1 aromatic heterocycles. The minimum absolute atomic E-state index is 0.115. The van der Waals surface area contributed by atoms with Crippen LogP contribution in [0.3, 0.4) is 0 Å². The molecule has 0 amide bonds. The average molecular weight is 264 g/mol. The molecule has 92 valence electrons. The van der Waals surface area contributed by atoms with E-state index in [0.29, 0.717) is 5.75 Å². The van der Waals surface area contributed by atoms with Gasteiger partial charge < -0.3 is 10.0 Å². The molecule has 0 spiro atoms. The second-order valence-corrected chi connectivity index (χ2v) is 4.56. The van der Waals surface area contributed by atoms with E-state index in [1.54, 1.807) is 18.3 Å². The van der Waals surface area contributed by atoms with Gasteiger partial charge in [0.25, 0.3) is 0 Å². The summed E-state index contributed by atoms with van der Waals surface area (Å²) in [6, 6.07) is 6.05. The predicted molar refractivity (Wildman–Crippen MR) is 67.8 cm³/mol. The molecule has 2 rings (SSSR count). The molecule has 0 atom stereocenters. The molecule has 2 aromatic rings. The van der Waals surface area contributed by atoms with Gasteiger partial charge in [0.05, 0.1) is 5.03 Å². The van der Waals surface area contributed by atoms with E-state index in [9.17, 15) is 4.39 Å². The Bertz CT molecular complexity index is 528. The van der Waals surface area contributed by atoms with Crippen LogP contribution < -0.4 is 5.46 Å². The van der Waals surface area contributed by atoms with Crippen molar-refractivity contribution in [2.24, 2.45) is 0 Å². The monoisotopic (exact) mass is 264 g/mol. The first-order valence-electron chi connectivity index (χ1n) is 5.20. The molecule has 7 heteroatoms. The first kappa shape index (κ1) is 13.0. The van der Waals surface area contributed by atoms with Crippen LogP contribution >= 0.6 is 11.8 Å². The normalized spacial score (nSPS) is 10.4. The van der Waals surface area contributed by atoms with Crippen LogP contribution in [0.5, 0.6) is 0 Å². The van der Waals surface area contributed by atoms with Gasteiger partial charge in [-0.2, -0.15) is 0 Å². The van der Waals surface area contributed by atoms with Crippen LogP contribution in [0.2, 0.25) is 0 Å². The minimum atomic E-state index is -1.80. The van der Waals surface area contributed by atoms with Crippen molar-refractivity contribution in [2.45, 2.75) is 10.8 Å². The molecule has 2 N–H and O–H groups in total. The molecule has 0 fully saturated rings. The summed E-state index contributed by atoms with van der Waals surface area (Å²) < 4.78 is 13.2. The molecular formula is C11H10BFN2O2S. The number of benzene rings is 1. The van der Waals surface area contributed by atoms with Crippen molar-refractivity contribution >= 4 is 24.3 Å². The Hall–Kier alpha value is -1.44. The van der Waals surface area contributed by atoms with Gasteiger partial charge in [-0.15, -0.1) is 11.8 Å². The fourth-order valence-electron chi connectivity index (χ4n) is 1.40. The number of thioether (sulfide) groups is 1. The van der Waals surface area contributed by atoms with Crippen LogP contribution in [-0.2, 0) is 5.75 Å². The third kappa shape index (κ3) is 3.28. The molecule has 0 saturated heterocycles. The van der Waals surface area contributed by atoms with Crippen LogP contribution in [-0.4, -0.2) is 27.1 Å². The van der Waals surface area contributed by atoms with E-state index < -0.39 is 12.9 Å². The van der Waals surface area contributed by atoms with Crippen molar-refractivity contribution in [1.82, 2.24) is 9.97 Å². The highest BCUT2D eigenvalue weighted by Gasteiger charge is 2.16. The topological polar surface area (TPSA) is 66.2 Å². The van der Waals surface area contributed by atoms with Crippen molar-refractivity contribution in [3.8, 4) is 0 Å². The largest absolute Gasteiger partial charge is 0.491 e. The number of halogens is 1. The minimum Gasteiger partial charge on any atom is -0.423 e. The van der Waals surface area contributed by atoms with Gasteiger partial charge in [-0.05, 0) is 17.7 Å². The number of rotatable bonds is 4. The molecular weight excluding hydrogens is 254 g/mol. The summed E-state index contributed by atoms with van der Waals surface area (Å²) >= 11 is 1.46. The molecule has 0 bridgehead atoms. The van der Waals surface area contributed by atoms with Crippen molar-refractivity contribution in [2.75, 3.05) is 0 Å². The lowest BCUT2D eigenvalue weighted by Gasteiger charge is -2.05. The molecule has 1 aromatic carbocycles. The van der Waals surface area contributed by atoms with Gasteiger partial charge in [0, 0.05) is 17.4 Å². The van der Waals surface area contributed by atoms with Gasteiger partial charge in [0.1, 0.15) is 12.1 Å². The maximum absolute atomic E-state index is 13.2. The zero-order chi connectivity index (χ0) is 13.0. The van der Waals surface area contributed by atoms with E-state index in [1.807, 2.05) is 0 Å². The van der Waals surface area contributed by atoms with Gasteiger partial charge in [0.15, 0.2) is 0 Å². The number of aromatic nitrogens is 2. The Morgan fingerprint density at radius 1 is 1.28 bits per heavy atom. The second kappa shape index (κ2) is 5.95. The Labute approximate surface area is 108 Å². The maximum atomic E-state index is 13.2. The molecule has 0 saturated carbocycles. The first-order chi connectivity index (χ1) is 8.66. The van der Waals surface area contributed by atoms with Gasteiger partial charge in [0.2, 0.25) is 0 Å². The highest BCUT2D eigenvalue weighted by molar-refractivity contribution is 7.98. The van der Waals surface area contributed by atoms with E-state index in [2.05, 4.69) is 9.97 Å². The SMILES string of the molecule is OB(O)c1cc(CSc2ccncn2)ccc1F. The molecule has 1 heterocycles. The van der Waals surface area contributed by atoms with Crippen molar-refractivity contribution in [3.63, 3.8) is 0 Å². The van der Waals surface area contributed by atoms with E-state index in [4.69, 9.17) is 10.0 Å². The summed E-state index contributed by atoms with van der Waals surface area (Å²) in [4.78, 5) is 7.86. The second-order valence-electron chi connectivity index (χ2n) is 3.57. The van der Waals surface area contributed by atoms with E-state index in [0.717, 1.165) is 10.6 Å². The standard InChI is InChI=1S/C11H10BFN2O2S/c13-10-2-1-8(5-9(10)12(16)17)6-18-11-3-4-14-7-15-11/h1-5,7,16-17H,6H2. The van der Waals surface area contributed by atoms with Gasteiger partial charge in [-0.3, -0.25) is 0 Å². The molecule has 0 radical (unpaired) electrons. The van der Waals surface area contributed by atoms with E-state index in [1.165, 1.54) is 30.2 Å². The van der Waals surface area contributed by atoms with Crippen LogP contribution in [0.4, 0.5) is 4.39 Å². The molecule has 0 unspecified atom stereocenters. The lowest BCUT2D eigenvalue weighted by atomic mass is 9.79. The molecule has 4 nitrogen and oxygen atoms in total. The van der Waals surface area contributed by atoms with Crippen LogP contribution in [0.15, 0.2) is 41.8 Å². The highest BCUT2D eigenvalue weighted by Crippen LogP contribution is 2.19. The smallest absolute Gasteiger partial charge is 0.423 e. The Morgan fingerprint density at radius 2 is 2.11 bits per heavy atom. The number of hydrogen-bond donors (Lipinski definition) is 2. The van der Waals surface area contributed by atoms with Gasteiger partial charge >= 0.3 is 7.12 Å². The third-order valence-corrected chi connectivity index (χ3v) is 3.30. The molecule has 0 aliphatic heterocycles. The van der Waals surface area contributed by atoms with Gasteiger partial charge in [-0.25, -0.2) is 14.4 Å². The fraction of sp³-hybridized carbons (Fsp3) is 0.0909. The Balaban J connectivity index is 2.08. The summed E-state index contributed by atoms with van der Waals surface area (Å²) in [6.45, 7) is 0.